The van der Waals surface area contributed by atoms with E-state index in [0.717, 1.165) is 22.2 Å². The minimum Gasteiger partial charge on any atom is -0.490 e. The lowest BCUT2D eigenvalue weighted by Crippen LogP contribution is -2.34. The molecule has 1 aliphatic heterocycles. The number of benzene rings is 1. The Kier molecular flexibility index (Phi) is 4.33. The van der Waals surface area contributed by atoms with Gasteiger partial charge in [0.05, 0.1) is 0 Å². The zero-order chi connectivity index (χ0) is 13.3. The lowest BCUT2D eigenvalue weighted by molar-refractivity contribution is 0.0962. The van der Waals surface area contributed by atoms with Crippen LogP contribution in [0, 0.1) is 11.8 Å². The summed E-state index contributed by atoms with van der Waals surface area (Å²) in [6.07, 6.45) is 2.34. The Labute approximate surface area is 118 Å². The first-order valence-corrected chi connectivity index (χ1v) is 7.48. The molecule has 0 amide bonds. The average Bonchev–Trinajstić information content (AvgIpc) is 2.27. The first kappa shape index (κ1) is 13.9. The van der Waals surface area contributed by atoms with Crippen molar-refractivity contribution in [2.45, 2.75) is 45.8 Å². The SMILES string of the molecule is CC(C)CC(C)C1C[C@@H](N)c2ccc(Br)cc2O1. The summed E-state index contributed by atoms with van der Waals surface area (Å²) >= 11 is 3.49. The summed E-state index contributed by atoms with van der Waals surface area (Å²) in [6.45, 7) is 6.77. The van der Waals surface area contributed by atoms with Crippen LogP contribution in [0.15, 0.2) is 22.7 Å². The maximum atomic E-state index is 6.26. The zero-order valence-corrected chi connectivity index (χ0v) is 12.9. The van der Waals surface area contributed by atoms with Crippen LogP contribution in [-0.2, 0) is 0 Å². The Hall–Kier alpha value is -0.540. The number of rotatable bonds is 3. The van der Waals surface area contributed by atoms with E-state index in [2.05, 4.69) is 42.8 Å². The zero-order valence-electron chi connectivity index (χ0n) is 11.3. The predicted molar refractivity (Wildman–Crippen MR) is 78.7 cm³/mol. The van der Waals surface area contributed by atoms with Crippen LogP contribution >= 0.6 is 15.9 Å². The van der Waals surface area contributed by atoms with Gasteiger partial charge in [0.2, 0.25) is 0 Å². The topological polar surface area (TPSA) is 35.2 Å². The van der Waals surface area contributed by atoms with Gasteiger partial charge in [0.15, 0.2) is 0 Å². The molecule has 2 N–H and O–H groups in total. The van der Waals surface area contributed by atoms with E-state index in [9.17, 15) is 0 Å². The summed E-state index contributed by atoms with van der Waals surface area (Å²) in [5.74, 6) is 2.19. The summed E-state index contributed by atoms with van der Waals surface area (Å²) in [4.78, 5) is 0. The van der Waals surface area contributed by atoms with Crippen molar-refractivity contribution in [3.8, 4) is 5.75 Å². The molecule has 0 aliphatic carbocycles. The standard InChI is InChI=1S/C15H22BrNO/c1-9(2)6-10(3)14-8-13(17)12-5-4-11(16)7-15(12)18-14/h4-5,7,9-10,13-14H,6,8,17H2,1-3H3/t10?,13-,14?/m1/s1. The van der Waals surface area contributed by atoms with E-state index < -0.39 is 0 Å². The number of ether oxygens (including phenoxy) is 1. The van der Waals surface area contributed by atoms with Crippen LogP contribution in [0.3, 0.4) is 0 Å². The fourth-order valence-corrected chi connectivity index (χ4v) is 3.09. The summed E-state index contributed by atoms with van der Waals surface area (Å²) in [7, 11) is 0. The summed E-state index contributed by atoms with van der Waals surface area (Å²) < 4.78 is 7.18. The highest BCUT2D eigenvalue weighted by Gasteiger charge is 2.29. The summed E-state index contributed by atoms with van der Waals surface area (Å²) in [5, 5.41) is 0. The van der Waals surface area contributed by atoms with Crippen molar-refractivity contribution >= 4 is 15.9 Å². The van der Waals surface area contributed by atoms with Crippen molar-refractivity contribution in [1.29, 1.82) is 0 Å². The largest absolute Gasteiger partial charge is 0.490 e. The van der Waals surface area contributed by atoms with Crippen molar-refractivity contribution in [3.63, 3.8) is 0 Å². The monoisotopic (exact) mass is 311 g/mol. The molecule has 0 fully saturated rings. The molecular weight excluding hydrogens is 290 g/mol. The number of fused-ring (bicyclic) bond motifs is 1. The molecule has 0 radical (unpaired) electrons. The minimum absolute atomic E-state index is 0.0986. The van der Waals surface area contributed by atoms with Crippen molar-refractivity contribution in [2.75, 3.05) is 0 Å². The lowest BCUT2D eigenvalue weighted by Gasteiger charge is -2.34. The van der Waals surface area contributed by atoms with Gasteiger partial charge in [0.1, 0.15) is 11.9 Å². The van der Waals surface area contributed by atoms with E-state index in [1.54, 1.807) is 0 Å². The van der Waals surface area contributed by atoms with Gasteiger partial charge in [-0.25, -0.2) is 0 Å². The Bertz CT molecular complexity index is 419. The summed E-state index contributed by atoms with van der Waals surface area (Å²) in [6, 6.07) is 6.22. The van der Waals surface area contributed by atoms with Crippen molar-refractivity contribution < 1.29 is 4.74 Å². The third-order valence-electron chi connectivity index (χ3n) is 3.62. The number of nitrogens with two attached hydrogens (primary N) is 1. The molecule has 2 unspecified atom stereocenters. The second kappa shape index (κ2) is 5.62. The van der Waals surface area contributed by atoms with E-state index in [-0.39, 0.29) is 12.1 Å². The Balaban J connectivity index is 2.16. The fraction of sp³-hybridized carbons (Fsp3) is 0.600. The highest BCUT2D eigenvalue weighted by atomic mass is 79.9. The van der Waals surface area contributed by atoms with Crippen LogP contribution in [0.1, 0.15) is 45.2 Å². The fourth-order valence-electron chi connectivity index (χ4n) is 2.75. The van der Waals surface area contributed by atoms with Crippen LogP contribution < -0.4 is 10.5 Å². The Morgan fingerprint density at radius 1 is 1.39 bits per heavy atom. The molecule has 0 saturated carbocycles. The molecule has 3 heteroatoms. The van der Waals surface area contributed by atoms with Gasteiger partial charge < -0.3 is 10.5 Å². The van der Waals surface area contributed by atoms with Crippen molar-refractivity contribution in [3.05, 3.63) is 28.2 Å². The number of hydrogen-bond acceptors (Lipinski definition) is 2. The van der Waals surface area contributed by atoms with Crippen molar-refractivity contribution in [1.82, 2.24) is 0 Å². The highest BCUT2D eigenvalue weighted by molar-refractivity contribution is 9.10. The first-order chi connectivity index (χ1) is 8.47. The van der Waals surface area contributed by atoms with Gasteiger partial charge in [0.25, 0.3) is 0 Å². The molecule has 1 aliphatic rings. The molecule has 100 valence electrons. The minimum atomic E-state index is 0.0986. The van der Waals surface area contributed by atoms with Gasteiger partial charge in [-0.3, -0.25) is 0 Å². The third kappa shape index (κ3) is 3.07. The first-order valence-electron chi connectivity index (χ1n) is 6.69. The van der Waals surface area contributed by atoms with Gasteiger partial charge in [-0.2, -0.15) is 0 Å². The van der Waals surface area contributed by atoms with Crippen LogP contribution in [0.4, 0.5) is 0 Å². The van der Waals surface area contributed by atoms with Gasteiger partial charge >= 0.3 is 0 Å². The van der Waals surface area contributed by atoms with E-state index >= 15 is 0 Å². The smallest absolute Gasteiger partial charge is 0.125 e. The van der Waals surface area contributed by atoms with Crippen LogP contribution in [0.2, 0.25) is 0 Å². The molecule has 1 heterocycles. The van der Waals surface area contributed by atoms with Gasteiger partial charge in [0, 0.05) is 22.5 Å². The quantitative estimate of drug-likeness (QED) is 0.904. The van der Waals surface area contributed by atoms with E-state index in [1.165, 1.54) is 6.42 Å². The molecule has 2 rings (SSSR count). The molecular formula is C15H22BrNO. The Morgan fingerprint density at radius 2 is 2.11 bits per heavy atom. The highest BCUT2D eigenvalue weighted by Crippen LogP contribution is 2.38. The second-order valence-corrected chi connectivity index (χ2v) is 6.70. The molecule has 2 nitrogen and oxygen atoms in total. The normalized spacial score (nSPS) is 24.6. The number of halogens is 1. The third-order valence-corrected chi connectivity index (χ3v) is 4.11. The average molecular weight is 312 g/mol. The lowest BCUT2D eigenvalue weighted by atomic mass is 9.87. The molecule has 0 saturated heterocycles. The van der Waals surface area contributed by atoms with E-state index in [1.807, 2.05) is 12.1 Å². The van der Waals surface area contributed by atoms with Crippen LogP contribution in [-0.4, -0.2) is 6.10 Å². The van der Waals surface area contributed by atoms with Gasteiger partial charge in [-0.15, -0.1) is 0 Å². The Morgan fingerprint density at radius 3 is 2.78 bits per heavy atom. The molecule has 3 atom stereocenters. The second-order valence-electron chi connectivity index (χ2n) is 5.79. The maximum absolute atomic E-state index is 6.26. The molecule has 1 aromatic carbocycles. The molecule has 18 heavy (non-hydrogen) atoms. The summed E-state index contributed by atoms with van der Waals surface area (Å²) in [5.41, 5.74) is 7.39. The van der Waals surface area contributed by atoms with E-state index in [4.69, 9.17) is 10.5 Å². The van der Waals surface area contributed by atoms with Gasteiger partial charge in [-0.1, -0.05) is 42.8 Å². The molecule has 0 spiro atoms. The van der Waals surface area contributed by atoms with E-state index in [0.29, 0.717) is 11.8 Å². The number of hydrogen-bond donors (Lipinski definition) is 1. The molecule has 0 bridgehead atoms. The van der Waals surface area contributed by atoms with Crippen LogP contribution in [0.25, 0.3) is 0 Å². The molecule has 0 aromatic heterocycles. The predicted octanol–water partition coefficient (Wildman–Crippen LogP) is 4.28. The molecule has 1 aromatic rings. The maximum Gasteiger partial charge on any atom is 0.125 e. The van der Waals surface area contributed by atoms with Gasteiger partial charge in [-0.05, 0) is 30.4 Å². The van der Waals surface area contributed by atoms with Crippen molar-refractivity contribution in [2.24, 2.45) is 17.6 Å². The van der Waals surface area contributed by atoms with Crippen LogP contribution in [0.5, 0.6) is 5.75 Å².